The van der Waals surface area contributed by atoms with E-state index in [0.29, 0.717) is 5.52 Å². The zero-order valence-electron chi connectivity index (χ0n) is 11.5. The quantitative estimate of drug-likeness (QED) is 0.777. The molecule has 114 valence electrons. The van der Waals surface area contributed by atoms with Crippen molar-refractivity contribution in [3.63, 3.8) is 0 Å². The number of methoxy groups -OCH3 is 1. The number of ether oxygens (including phenoxy) is 1. The van der Waals surface area contributed by atoms with Crippen molar-refractivity contribution in [1.29, 1.82) is 0 Å². The number of hydrogen-bond acceptors (Lipinski definition) is 6. The van der Waals surface area contributed by atoms with Gasteiger partial charge in [-0.1, -0.05) is 0 Å². The Morgan fingerprint density at radius 3 is 2.81 bits per heavy atom. The van der Waals surface area contributed by atoms with Crippen molar-refractivity contribution in [2.75, 3.05) is 13.7 Å². The van der Waals surface area contributed by atoms with E-state index >= 15 is 0 Å². The fraction of sp³-hybridized carbons (Fsp3) is 0.333. The smallest absolute Gasteiger partial charge is 0.419 e. The van der Waals surface area contributed by atoms with Gasteiger partial charge in [0.1, 0.15) is 0 Å². The van der Waals surface area contributed by atoms with Gasteiger partial charge < -0.3 is 9.15 Å². The van der Waals surface area contributed by atoms with Crippen molar-refractivity contribution in [1.82, 2.24) is 9.29 Å². The highest BCUT2D eigenvalue weighted by molar-refractivity contribution is 7.89. The molecule has 21 heavy (non-hydrogen) atoms. The van der Waals surface area contributed by atoms with Gasteiger partial charge in [0, 0.05) is 19.7 Å². The maximum Gasteiger partial charge on any atom is 0.419 e. The molecule has 0 saturated heterocycles. The van der Waals surface area contributed by atoms with Gasteiger partial charge >= 0.3 is 11.7 Å². The molecule has 0 aliphatic rings. The Hall–Kier alpha value is -2.13. The second-order valence-corrected chi connectivity index (χ2v) is 6.05. The summed E-state index contributed by atoms with van der Waals surface area (Å²) < 4.78 is 37.0. The summed E-state index contributed by atoms with van der Waals surface area (Å²) in [6.45, 7) is -0.0776. The van der Waals surface area contributed by atoms with Crippen molar-refractivity contribution in [2.24, 2.45) is 7.05 Å². The number of esters is 1. The summed E-state index contributed by atoms with van der Waals surface area (Å²) in [5.41, 5.74) is 0.673. The molecule has 0 saturated carbocycles. The number of hydrogen-bond donors (Lipinski definition) is 1. The molecule has 0 atom stereocenters. The fourth-order valence-corrected chi connectivity index (χ4v) is 2.80. The molecule has 2 rings (SSSR count). The molecule has 0 bridgehead atoms. The molecule has 1 N–H and O–H groups in total. The van der Waals surface area contributed by atoms with Crippen LogP contribution in [0.5, 0.6) is 0 Å². The average Bonchev–Trinajstić information content (AvgIpc) is 2.73. The normalized spacial score (nSPS) is 11.7. The summed E-state index contributed by atoms with van der Waals surface area (Å²) in [7, 11) is -1.04. The fourth-order valence-electron chi connectivity index (χ4n) is 1.75. The van der Waals surface area contributed by atoms with Crippen molar-refractivity contribution in [3.05, 3.63) is 28.7 Å². The number of nitrogens with zero attached hydrogens (tertiary/aromatic N) is 1. The van der Waals surface area contributed by atoms with Gasteiger partial charge in [-0.25, -0.2) is 17.9 Å². The summed E-state index contributed by atoms with van der Waals surface area (Å²) in [5, 5.41) is 0. The van der Waals surface area contributed by atoms with Crippen molar-refractivity contribution in [3.8, 4) is 0 Å². The monoisotopic (exact) mass is 314 g/mol. The van der Waals surface area contributed by atoms with Gasteiger partial charge in [0.2, 0.25) is 10.0 Å². The third-order valence-electron chi connectivity index (χ3n) is 2.92. The number of carbonyl (C=O) groups excluding carboxylic acids is 1. The molecule has 0 spiro atoms. The highest BCUT2D eigenvalue weighted by atomic mass is 32.2. The van der Waals surface area contributed by atoms with Gasteiger partial charge in [0.15, 0.2) is 5.58 Å². The van der Waals surface area contributed by atoms with E-state index in [0.717, 1.165) is 0 Å². The lowest BCUT2D eigenvalue weighted by Gasteiger charge is -2.06. The molecule has 0 fully saturated rings. The molecule has 1 aromatic heterocycles. The third-order valence-corrected chi connectivity index (χ3v) is 4.38. The Morgan fingerprint density at radius 2 is 2.14 bits per heavy atom. The first kappa shape index (κ1) is 15.3. The highest BCUT2D eigenvalue weighted by Crippen LogP contribution is 2.17. The van der Waals surface area contributed by atoms with Crippen LogP contribution in [0, 0.1) is 0 Å². The zero-order chi connectivity index (χ0) is 15.6. The van der Waals surface area contributed by atoms with E-state index < -0.39 is 21.7 Å². The summed E-state index contributed by atoms with van der Waals surface area (Å²) >= 11 is 0. The van der Waals surface area contributed by atoms with Crippen molar-refractivity contribution >= 4 is 27.1 Å². The van der Waals surface area contributed by atoms with E-state index in [4.69, 9.17) is 4.42 Å². The minimum absolute atomic E-state index is 0.0470. The van der Waals surface area contributed by atoms with Crippen LogP contribution in [0.1, 0.15) is 6.42 Å². The Kier molecular flexibility index (Phi) is 4.14. The second-order valence-electron chi connectivity index (χ2n) is 4.28. The molecule has 0 unspecified atom stereocenters. The van der Waals surface area contributed by atoms with Gasteiger partial charge in [-0.05, 0) is 12.1 Å². The van der Waals surface area contributed by atoms with Crippen molar-refractivity contribution < 1.29 is 22.4 Å². The summed E-state index contributed by atoms with van der Waals surface area (Å²) in [6.07, 6.45) is -0.0710. The molecule has 0 aliphatic carbocycles. The molecule has 2 aromatic rings. The second kappa shape index (κ2) is 5.70. The van der Waals surface area contributed by atoms with E-state index in [-0.39, 0.29) is 23.4 Å². The molecular weight excluding hydrogens is 300 g/mol. The maximum absolute atomic E-state index is 12.0. The molecule has 1 heterocycles. The molecular formula is C12H14N2O6S. The predicted molar refractivity (Wildman–Crippen MR) is 73.3 cm³/mol. The van der Waals surface area contributed by atoms with Crippen LogP contribution in [0.25, 0.3) is 11.1 Å². The number of aryl methyl sites for hydroxylation is 1. The molecule has 8 nitrogen and oxygen atoms in total. The molecule has 1 aromatic carbocycles. The summed E-state index contributed by atoms with van der Waals surface area (Å²) in [6, 6.07) is 4.10. The lowest BCUT2D eigenvalue weighted by molar-refractivity contribution is -0.140. The minimum Gasteiger partial charge on any atom is -0.469 e. The first-order chi connectivity index (χ1) is 9.85. The van der Waals surface area contributed by atoms with Crippen LogP contribution < -0.4 is 10.5 Å². The minimum atomic E-state index is -3.79. The Bertz CT molecular complexity index is 833. The molecule has 0 radical (unpaired) electrons. The van der Waals surface area contributed by atoms with E-state index in [2.05, 4.69) is 9.46 Å². The van der Waals surface area contributed by atoms with Crippen LogP contribution >= 0.6 is 0 Å². The van der Waals surface area contributed by atoms with Crippen LogP contribution in [0.2, 0.25) is 0 Å². The first-order valence-electron chi connectivity index (χ1n) is 6.01. The van der Waals surface area contributed by atoms with Gasteiger partial charge in [-0.2, -0.15) is 0 Å². The van der Waals surface area contributed by atoms with Crippen LogP contribution in [-0.2, 0) is 26.6 Å². The standard InChI is InChI=1S/C12H14N2O6S/c1-14-9-4-3-8(7-10(9)20-12(14)16)21(17,18)13-6-5-11(15)19-2/h3-4,7,13H,5-6H2,1-2H3. The number of fused-ring (bicyclic) bond motifs is 1. The van der Waals surface area contributed by atoms with Gasteiger partial charge in [-0.3, -0.25) is 9.36 Å². The maximum atomic E-state index is 12.0. The Balaban J connectivity index is 2.24. The van der Waals surface area contributed by atoms with E-state index in [9.17, 15) is 18.0 Å². The van der Waals surface area contributed by atoms with E-state index in [1.807, 2.05) is 0 Å². The van der Waals surface area contributed by atoms with Gasteiger partial charge in [0.05, 0.1) is 23.9 Å². The predicted octanol–water partition coefficient (Wildman–Crippen LogP) is -0.0271. The molecule has 0 aliphatic heterocycles. The molecule has 9 heteroatoms. The summed E-state index contributed by atoms with van der Waals surface area (Å²) in [4.78, 5) is 22.3. The zero-order valence-corrected chi connectivity index (χ0v) is 12.3. The van der Waals surface area contributed by atoms with Crippen LogP contribution in [-0.4, -0.2) is 32.6 Å². The topological polar surface area (TPSA) is 108 Å². The third kappa shape index (κ3) is 3.14. The highest BCUT2D eigenvalue weighted by Gasteiger charge is 2.17. The van der Waals surface area contributed by atoms with Crippen molar-refractivity contribution in [2.45, 2.75) is 11.3 Å². The molecule has 0 amide bonds. The summed E-state index contributed by atoms with van der Waals surface area (Å²) in [5.74, 6) is -1.08. The number of nitrogens with one attached hydrogen (secondary N) is 1. The SMILES string of the molecule is COC(=O)CCNS(=O)(=O)c1ccc2c(c1)oc(=O)n2C. The van der Waals surface area contributed by atoms with E-state index in [1.54, 1.807) is 0 Å². The lowest BCUT2D eigenvalue weighted by atomic mass is 10.3. The number of oxazole rings is 1. The van der Waals surface area contributed by atoms with E-state index in [1.165, 1.54) is 36.9 Å². The largest absolute Gasteiger partial charge is 0.469 e. The lowest BCUT2D eigenvalue weighted by Crippen LogP contribution is -2.26. The Labute approximate surface area is 120 Å². The van der Waals surface area contributed by atoms with Gasteiger partial charge in [0.25, 0.3) is 0 Å². The van der Waals surface area contributed by atoms with Gasteiger partial charge in [-0.15, -0.1) is 0 Å². The number of aromatic nitrogens is 1. The average molecular weight is 314 g/mol. The van der Waals surface area contributed by atoms with Crippen LogP contribution in [0.3, 0.4) is 0 Å². The first-order valence-corrected chi connectivity index (χ1v) is 7.49. The number of carbonyl (C=O) groups is 1. The number of sulfonamides is 1. The number of benzene rings is 1. The van der Waals surface area contributed by atoms with Crippen LogP contribution in [0.4, 0.5) is 0 Å². The number of rotatable bonds is 5. The van der Waals surface area contributed by atoms with Crippen LogP contribution in [0.15, 0.2) is 32.3 Å². The Morgan fingerprint density at radius 1 is 1.43 bits per heavy atom.